The van der Waals surface area contributed by atoms with E-state index in [0.717, 1.165) is 28.0 Å². The molecule has 1 amide bonds. The van der Waals surface area contributed by atoms with Crippen molar-refractivity contribution in [3.8, 4) is 16.9 Å². The van der Waals surface area contributed by atoms with E-state index in [1.807, 2.05) is 78.9 Å². The molecule has 154 valence electrons. The van der Waals surface area contributed by atoms with Gasteiger partial charge in [-0.05, 0) is 41.3 Å². The predicted octanol–water partition coefficient (Wildman–Crippen LogP) is 4.15. The van der Waals surface area contributed by atoms with Crippen LogP contribution in [-0.4, -0.2) is 25.1 Å². The summed E-state index contributed by atoms with van der Waals surface area (Å²) in [6, 6.07) is 25.2. The van der Waals surface area contributed by atoms with Crippen LogP contribution < -0.4 is 10.1 Å². The topological polar surface area (TPSA) is 64.6 Å². The van der Waals surface area contributed by atoms with Crippen LogP contribution in [0.5, 0.6) is 5.75 Å². The van der Waals surface area contributed by atoms with Crippen LogP contribution in [0.4, 0.5) is 0 Å². The van der Waals surface area contributed by atoms with Crippen LogP contribution in [0, 0.1) is 0 Å². The zero-order valence-corrected chi connectivity index (χ0v) is 17.1. The first-order chi connectivity index (χ1) is 14.5. The van der Waals surface area contributed by atoms with Crippen LogP contribution >= 0.6 is 0 Å². The number of carbonyl (C=O) groups is 2. The lowest BCUT2D eigenvalue weighted by Crippen LogP contribution is -2.35. The van der Waals surface area contributed by atoms with Gasteiger partial charge in [0.25, 0.3) is 5.91 Å². The maximum atomic E-state index is 12.2. The highest BCUT2D eigenvalue weighted by atomic mass is 16.5. The summed E-state index contributed by atoms with van der Waals surface area (Å²) in [4.78, 5) is 24.4. The van der Waals surface area contributed by atoms with E-state index < -0.39 is 12.1 Å². The van der Waals surface area contributed by atoms with Crippen molar-refractivity contribution in [3.63, 3.8) is 0 Å². The molecule has 0 aromatic heterocycles. The van der Waals surface area contributed by atoms with Gasteiger partial charge in [-0.1, -0.05) is 66.7 Å². The highest BCUT2D eigenvalue weighted by Gasteiger charge is 2.17. The Morgan fingerprint density at radius 3 is 2.07 bits per heavy atom. The fourth-order valence-corrected chi connectivity index (χ4v) is 2.98. The Hall–Kier alpha value is -3.60. The van der Waals surface area contributed by atoms with Crippen LogP contribution in [0.25, 0.3) is 11.1 Å². The summed E-state index contributed by atoms with van der Waals surface area (Å²) < 4.78 is 10.4. The Kier molecular flexibility index (Phi) is 7.22. The number of carbonyl (C=O) groups excluding carboxylic acids is 2. The number of ether oxygens (including phenoxy) is 2. The molecule has 1 unspecified atom stereocenters. The quantitative estimate of drug-likeness (QED) is 0.574. The maximum absolute atomic E-state index is 12.2. The average molecular weight is 403 g/mol. The van der Waals surface area contributed by atoms with Crippen molar-refractivity contribution in [3.05, 3.63) is 90.0 Å². The molecule has 3 rings (SSSR count). The Labute approximate surface area is 176 Å². The van der Waals surface area contributed by atoms with Crippen LogP contribution in [0.15, 0.2) is 78.9 Å². The normalized spacial score (nSPS) is 11.4. The lowest BCUT2D eigenvalue weighted by molar-refractivity contribution is -0.154. The summed E-state index contributed by atoms with van der Waals surface area (Å²) >= 11 is 0. The van der Waals surface area contributed by atoms with Crippen molar-refractivity contribution < 1.29 is 19.1 Å². The number of benzene rings is 3. The second-order valence-electron chi connectivity index (χ2n) is 6.94. The van der Waals surface area contributed by atoms with Crippen LogP contribution in [-0.2, 0) is 27.3 Å². The molecule has 5 nitrogen and oxygen atoms in total. The fraction of sp³-hybridized carbons (Fsp3) is 0.200. The lowest BCUT2D eigenvalue weighted by Gasteiger charge is -2.14. The summed E-state index contributed by atoms with van der Waals surface area (Å²) in [7, 11) is 1.60. The fourth-order valence-electron chi connectivity index (χ4n) is 2.98. The summed E-state index contributed by atoms with van der Waals surface area (Å²) in [6.45, 7) is 1.92. The van der Waals surface area contributed by atoms with Gasteiger partial charge in [-0.15, -0.1) is 0 Å². The highest BCUT2D eigenvalue weighted by Crippen LogP contribution is 2.19. The van der Waals surface area contributed by atoms with E-state index in [0.29, 0.717) is 6.54 Å². The number of esters is 1. The number of rotatable bonds is 8. The zero-order chi connectivity index (χ0) is 21.3. The molecule has 30 heavy (non-hydrogen) atoms. The summed E-state index contributed by atoms with van der Waals surface area (Å²) in [5, 5.41) is 2.77. The molecule has 1 atom stereocenters. The molecule has 0 bridgehead atoms. The minimum atomic E-state index is -0.862. The Bertz CT molecular complexity index is 966. The molecule has 0 saturated carbocycles. The second-order valence-corrected chi connectivity index (χ2v) is 6.94. The first-order valence-electron chi connectivity index (χ1n) is 9.79. The third-order valence-corrected chi connectivity index (χ3v) is 4.71. The Morgan fingerprint density at radius 2 is 1.43 bits per heavy atom. The minimum Gasteiger partial charge on any atom is -0.497 e. The molecule has 0 heterocycles. The van der Waals surface area contributed by atoms with Gasteiger partial charge >= 0.3 is 5.97 Å². The van der Waals surface area contributed by atoms with Gasteiger partial charge in [0.05, 0.1) is 13.5 Å². The molecule has 0 fully saturated rings. The van der Waals surface area contributed by atoms with Gasteiger partial charge in [0, 0.05) is 6.54 Å². The third kappa shape index (κ3) is 5.95. The van der Waals surface area contributed by atoms with Gasteiger partial charge in [-0.25, -0.2) is 0 Å². The molecule has 5 heteroatoms. The average Bonchev–Trinajstić information content (AvgIpc) is 2.78. The number of amides is 1. The smallest absolute Gasteiger partial charge is 0.311 e. The number of nitrogens with one attached hydrogen (secondary N) is 1. The van der Waals surface area contributed by atoms with E-state index in [-0.39, 0.29) is 12.3 Å². The molecule has 3 aromatic carbocycles. The van der Waals surface area contributed by atoms with Crippen molar-refractivity contribution in [2.45, 2.75) is 26.0 Å². The molecular weight excluding hydrogens is 378 g/mol. The van der Waals surface area contributed by atoms with Crippen molar-refractivity contribution in [1.82, 2.24) is 5.32 Å². The Balaban J connectivity index is 1.47. The maximum Gasteiger partial charge on any atom is 0.311 e. The van der Waals surface area contributed by atoms with E-state index in [4.69, 9.17) is 9.47 Å². The van der Waals surface area contributed by atoms with Crippen molar-refractivity contribution in [2.24, 2.45) is 0 Å². The number of methoxy groups -OCH3 is 1. The van der Waals surface area contributed by atoms with Gasteiger partial charge < -0.3 is 14.8 Å². The molecule has 0 radical (unpaired) electrons. The van der Waals surface area contributed by atoms with Gasteiger partial charge in [0.1, 0.15) is 5.75 Å². The predicted molar refractivity (Wildman–Crippen MR) is 116 cm³/mol. The standard InChI is InChI=1S/C25H25NO4/c1-18(25(28)26-17-20-10-14-23(29-2)15-11-20)30-24(27)16-19-8-12-22(13-9-19)21-6-4-3-5-7-21/h3-15,18H,16-17H2,1-2H3,(H,26,28). The van der Waals surface area contributed by atoms with Gasteiger partial charge in [-0.2, -0.15) is 0 Å². The summed E-state index contributed by atoms with van der Waals surface area (Å²) in [6.07, 6.45) is -0.745. The second kappa shape index (κ2) is 10.3. The van der Waals surface area contributed by atoms with E-state index in [2.05, 4.69) is 5.32 Å². The van der Waals surface area contributed by atoms with E-state index in [9.17, 15) is 9.59 Å². The Morgan fingerprint density at radius 1 is 0.833 bits per heavy atom. The largest absolute Gasteiger partial charge is 0.497 e. The molecule has 0 aliphatic carbocycles. The van der Waals surface area contributed by atoms with Crippen LogP contribution in [0.2, 0.25) is 0 Å². The van der Waals surface area contributed by atoms with Gasteiger partial charge in [-0.3, -0.25) is 9.59 Å². The lowest BCUT2D eigenvalue weighted by atomic mass is 10.0. The molecule has 0 aliphatic rings. The molecule has 0 saturated heterocycles. The van der Waals surface area contributed by atoms with E-state index >= 15 is 0 Å². The van der Waals surface area contributed by atoms with Gasteiger partial charge in [0.2, 0.25) is 0 Å². The van der Waals surface area contributed by atoms with Gasteiger partial charge in [0.15, 0.2) is 6.10 Å². The molecule has 1 N–H and O–H groups in total. The molecule has 0 spiro atoms. The van der Waals surface area contributed by atoms with Crippen LogP contribution in [0.3, 0.4) is 0 Å². The minimum absolute atomic E-state index is 0.116. The number of hydrogen-bond acceptors (Lipinski definition) is 4. The first-order valence-corrected chi connectivity index (χ1v) is 9.79. The molecule has 0 aliphatic heterocycles. The zero-order valence-electron chi connectivity index (χ0n) is 17.1. The summed E-state index contributed by atoms with van der Waals surface area (Å²) in [5.74, 6) is -0.0164. The van der Waals surface area contributed by atoms with Crippen LogP contribution in [0.1, 0.15) is 18.1 Å². The highest BCUT2D eigenvalue weighted by molar-refractivity contribution is 5.84. The molecule has 3 aromatic rings. The first kappa shape index (κ1) is 21.1. The third-order valence-electron chi connectivity index (χ3n) is 4.71. The SMILES string of the molecule is COc1ccc(CNC(=O)C(C)OC(=O)Cc2ccc(-c3ccccc3)cc2)cc1. The van der Waals surface area contributed by atoms with E-state index in [1.54, 1.807) is 14.0 Å². The van der Waals surface area contributed by atoms with E-state index in [1.165, 1.54) is 0 Å². The number of hydrogen-bond donors (Lipinski definition) is 1. The van der Waals surface area contributed by atoms with Crippen molar-refractivity contribution in [2.75, 3.05) is 7.11 Å². The summed E-state index contributed by atoms with van der Waals surface area (Å²) in [5.41, 5.74) is 3.97. The van der Waals surface area contributed by atoms with Crippen molar-refractivity contribution in [1.29, 1.82) is 0 Å². The monoisotopic (exact) mass is 403 g/mol. The van der Waals surface area contributed by atoms with Crippen molar-refractivity contribution >= 4 is 11.9 Å². The molecular formula is C25H25NO4.